The number of hydrogen-bond acceptors (Lipinski definition) is 6. The lowest BCUT2D eigenvalue weighted by Crippen LogP contribution is -2.46. The quantitative estimate of drug-likeness (QED) is 0.336. The molecule has 2 aromatic carbocycles. The van der Waals surface area contributed by atoms with Crippen molar-refractivity contribution < 1.29 is 23.1 Å². The maximum Gasteiger partial charge on any atom is 0.306 e. The number of carboxylic acids is 1. The third-order valence-corrected chi connectivity index (χ3v) is 10.4. The molecule has 0 radical (unpaired) electrons. The first-order valence-electron chi connectivity index (χ1n) is 13.5. The van der Waals surface area contributed by atoms with Crippen LogP contribution in [0.1, 0.15) is 87.1 Å². The summed E-state index contributed by atoms with van der Waals surface area (Å²) in [5.74, 6) is -1.29. The van der Waals surface area contributed by atoms with Gasteiger partial charge in [-0.25, -0.2) is 18.1 Å². The maximum atomic E-state index is 13.3. The molecule has 1 amide bonds. The summed E-state index contributed by atoms with van der Waals surface area (Å²) in [5.41, 5.74) is 1.14. The topological polar surface area (TPSA) is 125 Å². The second kappa shape index (κ2) is 10.6. The number of carbonyl (C=O) groups excluding carboxylic acids is 1. The predicted octanol–water partition coefficient (Wildman–Crippen LogP) is 5.68. The molecule has 0 saturated heterocycles. The van der Waals surface area contributed by atoms with E-state index in [9.17, 15) is 18.0 Å². The average molecular weight is 570 g/mol. The molecule has 0 spiro atoms. The molecule has 2 aliphatic carbocycles. The lowest BCUT2D eigenvalue weighted by molar-refractivity contribution is -0.145. The van der Waals surface area contributed by atoms with Gasteiger partial charge in [-0.1, -0.05) is 49.6 Å². The van der Waals surface area contributed by atoms with Crippen molar-refractivity contribution in [2.24, 2.45) is 5.92 Å². The number of amides is 1. The van der Waals surface area contributed by atoms with Gasteiger partial charge in [-0.05, 0) is 57.9 Å². The van der Waals surface area contributed by atoms with Crippen LogP contribution in [0.5, 0.6) is 0 Å². The molecule has 0 bridgehead atoms. The number of thiazole rings is 1. The molecule has 1 heterocycles. The largest absolute Gasteiger partial charge is 0.481 e. The van der Waals surface area contributed by atoms with Gasteiger partial charge in [0.2, 0.25) is 10.0 Å². The van der Waals surface area contributed by atoms with Crippen LogP contribution < -0.4 is 10.0 Å². The standard InChI is InChI=1S/C29H35N3O5S2/c1-29(2,3)32-39(36,37)23-14-13-22(20-11-7-8-12-21(20)23)25-24(17-9-5-4-6-10-17)31-27(38-25)26(33)30-19-15-18(16-19)28(34)35/h7-8,11-14,17-19,32H,4-6,9-10,15-16H2,1-3H3,(H,30,33)(H,34,35). The fourth-order valence-corrected chi connectivity index (χ4v) is 8.35. The van der Waals surface area contributed by atoms with Crippen molar-refractivity contribution in [3.05, 3.63) is 47.1 Å². The van der Waals surface area contributed by atoms with Crippen LogP contribution in [0.3, 0.4) is 0 Å². The summed E-state index contributed by atoms with van der Waals surface area (Å²) in [6.07, 6.45) is 6.26. The molecule has 3 N–H and O–H groups in total. The third kappa shape index (κ3) is 5.88. The van der Waals surface area contributed by atoms with Crippen LogP contribution in [0.4, 0.5) is 0 Å². The highest BCUT2D eigenvalue weighted by Gasteiger charge is 2.36. The highest BCUT2D eigenvalue weighted by atomic mass is 32.2. The van der Waals surface area contributed by atoms with Crippen molar-refractivity contribution in [2.75, 3.05) is 0 Å². The average Bonchev–Trinajstić information content (AvgIpc) is 3.29. The summed E-state index contributed by atoms with van der Waals surface area (Å²) in [6, 6.07) is 10.8. The summed E-state index contributed by atoms with van der Waals surface area (Å²) in [6.45, 7) is 5.44. The number of benzene rings is 2. The van der Waals surface area contributed by atoms with E-state index in [1.54, 1.807) is 6.07 Å². The van der Waals surface area contributed by atoms with Gasteiger partial charge in [0.25, 0.3) is 5.91 Å². The van der Waals surface area contributed by atoms with Crippen LogP contribution in [-0.2, 0) is 14.8 Å². The van der Waals surface area contributed by atoms with E-state index in [2.05, 4.69) is 10.0 Å². The minimum atomic E-state index is -3.77. The van der Waals surface area contributed by atoms with E-state index in [1.165, 1.54) is 17.8 Å². The molecule has 208 valence electrons. The van der Waals surface area contributed by atoms with E-state index in [-0.39, 0.29) is 22.8 Å². The third-order valence-electron chi connectivity index (χ3n) is 7.52. The number of nitrogens with zero attached hydrogens (tertiary/aromatic N) is 1. The summed E-state index contributed by atoms with van der Waals surface area (Å²) in [4.78, 5) is 30.3. The van der Waals surface area contributed by atoms with Gasteiger partial charge in [0.1, 0.15) is 0 Å². The molecule has 0 unspecified atom stereocenters. The smallest absolute Gasteiger partial charge is 0.306 e. The molecule has 3 aromatic rings. The van der Waals surface area contributed by atoms with Gasteiger partial charge in [0.05, 0.1) is 21.4 Å². The Morgan fingerprint density at radius 1 is 1.00 bits per heavy atom. The van der Waals surface area contributed by atoms with E-state index in [0.717, 1.165) is 47.2 Å². The summed E-state index contributed by atoms with van der Waals surface area (Å²) < 4.78 is 29.4. The number of carboxylic acid groups (broad SMARTS) is 1. The fraction of sp³-hybridized carbons (Fsp3) is 0.483. The number of nitrogens with one attached hydrogen (secondary N) is 2. The predicted molar refractivity (Wildman–Crippen MR) is 153 cm³/mol. The van der Waals surface area contributed by atoms with Crippen molar-refractivity contribution in [3.63, 3.8) is 0 Å². The Labute approximate surface area is 233 Å². The lowest BCUT2D eigenvalue weighted by Gasteiger charge is -2.32. The summed E-state index contributed by atoms with van der Waals surface area (Å²) >= 11 is 1.33. The molecule has 2 fully saturated rings. The van der Waals surface area contributed by atoms with Crippen molar-refractivity contribution in [2.45, 2.75) is 88.1 Å². The SMILES string of the molecule is CC(C)(C)NS(=O)(=O)c1ccc(-c2sc(C(=O)NC3CC(C(=O)O)C3)nc2C2CCCCC2)c2ccccc12. The summed E-state index contributed by atoms with van der Waals surface area (Å²) in [7, 11) is -3.77. The molecule has 2 saturated carbocycles. The molecule has 0 atom stereocenters. The minimum Gasteiger partial charge on any atom is -0.481 e. The van der Waals surface area contributed by atoms with E-state index < -0.39 is 27.4 Å². The van der Waals surface area contributed by atoms with Crippen LogP contribution in [0, 0.1) is 5.92 Å². The zero-order chi connectivity index (χ0) is 27.9. The van der Waals surface area contributed by atoms with E-state index in [1.807, 2.05) is 51.1 Å². The van der Waals surface area contributed by atoms with Gasteiger partial charge in [0.15, 0.2) is 5.01 Å². The normalized spacial score (nSPS) is 20.5. The monoisotopic (exact) mass is 569 g/mol. The van der Waals surface area contributed by atoms with Gasteiger partial charge in [-0.2, -0.15) is 0 Å². The number of rotatable bonds is 7. The Balaban J connectivity index is 1.56. The van der Waals surface area contributed by atoms with Gasteiger partial charge in [-0.3, -0.25) is 9.59 Å². The first-order chi connectivity index (χ1) is 18.4. The molecule has 39 heavy (non-hydrogen) atoms. The molecular weight excluding hydrogens is 534 g/mol. The number of aromatic nitrogens is 1. The van der Waals surface area contributed by atoms with Gasteiger partial charge < -0.3 is 10.4 Å². The Kier molecular flexibility index (Phi) is 7.56. The van der Waals surface area contributed by atoms with E-state index in [0.29, 0.717) is 23.2 Å². The van der Waals surface area contributed by atoms with Crippen LogP contribution in [0.15, 0.2) is 41.3 Å². The molecular formula is C29H35N3O5S2. The lowest BCUT2D eigenvalue weighted by atomic mass is 9.80. The van der Waals surface area contributed by atoms with Crippen LogP contribution >= 0.6 is 11.3 Å². The zero-order valence-corrected chi connectivity index (χ0v) is 24.1. The first kappa shape index (κ1) is 27.7. The van der Waals surface area contributed by atoms with Crippen molar-refractivity contribution in [1.29, 1.82) is 0 Å². The minimum absolute atomic E-state index is 0.162. The number of hydrogen-bond donors (Lipinski definition) is 3. The van der Waals surface area contributed by atoms with Gasteiger partial charge in [-0.15, -0.1) is 11.3 Å². The van der Waals surface area contributed by atoms with E-state index >= 15 is 0 Å². The number of sulfonamides is 1. The van der Waals surface area contributed by atoms with Crippen molar-refractivity contribution >= 4 is 44.0 Å². The molecule has 8 nitrogen and oxygen atoms in total. The number of carbonyl (C=O) groups is 2. The van der Waals surface area contributed by atoms with E-state index in [4.69, 9.17) is 10.1 Å². The van der Waals surface area contributed by atoms with Crippen molar-refractivity contribution in [3.8, 4) is 10.4 Å². The number of fused-ring (bicyclic) bond motifs is 1. The Hall–Kier alpha value is -2.82. The highest BCUT2D eigenvalue weighted by Crippen LogP contribution is 2.44. The molecule has 10 heteroatoms. The molecule has 1 aromatic heterocycles. The second-order valence-corrected chi connectivity index (χ2v) is 14.4. The summed E-state index contributed by atoms with van der Waals surface area (Å²) in [5, 5.41) is 13.9. The van der Waals surface area contributed by atoms with Crippen LogP contribution in [0.25, 0.3) is 21.2 Å². The Bertz CT molecular complexity index is 1510. The maximum absolute atomic E-state index is 13.3. The Morgan fingerprint density at radius 2 is 1.67 bits per heavy atom. The highest BCUT2D eigenvalue weighted by molar-refractivity contribution is 7.89. The Morgan fingerprint density at radius 3 is 2.31 bits per heavy atom. The molecule has 5 rings (SSSR count). The second-order valence-electron chi connectivity index (χ2n) is 11.8. The van der Waals surface area contributed by atoms with Gasteiger partial charge in [0, 0.05) is 28.4 Å². The van der Waals surface area contributed by atoms with Crippen LogP contribution in [0.2, 0.25) is 0 Å². The zero-order valence-electron chi connectivity index (χ0n) is 22.5. The van der Waals surface area contributed by atoms with Crippen LogP contribution in [-0.4, -0.2) is 42.0 Å². The molecule has 0 aliphatic heterocycles. The molecule has 2 aliphatic rings. The van der Waals surface area contributed by atoms with Gasteiger partial charge >= 0.3 is 5.97 Å². The first-order valence-corrected chi connectivity index (χ1v) is 15.8. The fourth-order valence-electron chi connectivity index (χ4n) is 5.62. The number of aliphatic carboxylic acids is 1. The van der Waals surface area contributed by atoms with Crippen molar-refractivity contribution in [1.82, 2.24) is 15.0 Å².